The summed E-state index contributed by atoms with van der Waals surface area (Å²) in [4.78, 5) is 9.90. The van der Waals surface area contributed by atoms with Gasteiger partial charge in [0.15, 0.2) is 0 Å². The van der Waals surface area contributed by atoms with E-state index in [9.17, 15) is 0 Å². The van der Waals surface area contributed by atoms with Gasteiger partial charge in [-0.15, -0.1) is 11.8 Å². The average molecular weight is 294 g/mol. The summed E-state index contributed by atoms with van der Waals surface area (Å²) in [6.07, 6.45) is 2.57. The van der Waals surface area contributed by atoms with Crippen LogP contribution in [0.4, 0.5) is 0 Å². The van der Waals surface area contributed by atoms with Crippen molar-refractivity contribution in [2.75, 3.05) is 0 Å². The van der Waals surface area contributed by atoms with Crippen molar-refractivity contribution in [3.63, 3.8) is 0 Å². The SMILES string of the molecule is CC(N)Cc1ccnc(CSc2cccc(Cl)c2)n1. The Kier molecular flexibility index (Phi) is 5.19. The Bertz CT molecular complexity index is 546. The van der Waals surface area contributed by atoms with E-state index in [4.69, 9.17) is 17.3 Å². The smallest absolute Gasteiger partial charge is 0.138 e. The number of nitrogens with zero attached hydrogens (tertiary/aromatic N) is 2. The second-order valence-electron chi connectivity index (χ2n) is 4.39. The van der Waals surface area contributed by atoms with Crippen molar-refractivity contribution in [2.24, 2.45) is 5.73 Å². The fraction of sp³-hybridized carbons (Fsp3) is 0.286. The Morgan fingerprint density at radius 3 is 2.95 bits per heavy atom. The van der Waals surface area contributed by atoms with Crippen LogP contribution in [-0.4, -0.2) is 16.0 Å². The molecule has 0 saturated heterocycles. The molecule has 0 saturated carbocycles. The Morgan fingerprint density at radius 2 is 2.21 bits per heavy atom. The third kappa shape index (κ3) is 4.82. The molecule has 5 heteroatoms. The number of hydrogen-bond donors (Lipinski definition) is 1. The highest BCUT2D eigenvalue weighted by molar-refractivity contribution is 7.98. The van der Waals surface area contributed by atoms with E-state index >= 15 is 0 Å². The molecule has 1 heterocycles. The molecule has 1 unspecified atom stereocenters. The Labute approximate surface area is 122 Å². The quantitative estimate of drug-likeness (QED) is 0.859. The molecule has 3 nitrogen and oxygen atoms in total. The summed E-state index contributed by atoms with van der Waals surface area (Å²) in [7, 11) is 0. The lowest BCUT2D eigenvalue weighted by atomic mass is 10.2. The zero-order valence-electron chi connectivity index (χ0n) is 10.7. The third-order valence-corrected chi connectivity index (χ3v) is 3.68. The molecule has 1 atom stereocenters. The summed E-state index contributed by atoms with van der Waals surface area (Å²) in [5.74, 6) is 1.55. The van der Waals surface area contributed by atoms with Crippen LogP contribution in [0, 0.1) is 0 Å². The molecule has 1 aromatic heterocycles. The number of thioether (sulfide) groups is 1. The first-order chi connectivity index (χ1) is 9.13. The molecule has 2 rings (SSSR count). The van der Waals surface area contributed by atoms with E-state index in [0.29, 0.717) is 0 Å². The van der Waals surface area contributed by atoms with Crippen LogP contribution >= 0.6 is 23.4 Å². The van der Waals surface area contributed by atoms with Gasteiger partial charge in [0, 0.05) is 34.3 Å². The topological polar surface area (TPSA) is 51.8 Å². The highest BCUT2D eigenvalue weighted by Crippen LogP contribution is 2.24. The fourth-order valence-corrected chi connectivity index (χ4v) is 2.73. The highest BCUT2D eigenvalue weighted by Gasteiger charge is 2.03. The molecule has 19 heavy (non-hydrogen) atoms. The van der Waals surface area contributed by atoms with Crippen LogP contribution in [0.5, 0.6) is 0 Å². The third-order valence-electron chi connectivity index (χ3n) is 2.46. The minimum Gasteiger partial charge on any atom is -0.328 e. The number of hydrogen-bond acceptors (Lipinski definition) is 4. The predicted octanol–water partition coefficient (Wildman–Crippen LogP) is 3.31. The molecule has 0 radical (unpaired) electrons. The van der Waals surface area contributed by atoms with E-state index in [0.717, 1.165) is 33.6 Å². The molecule has 0 aliphatic carbocycles. The molecular weight excluding hydrogens is 278 g/mol. The van der Waals surface area contributed by atoms with Crippen LogP contribution in [0.2, 0.25) is 5.02 Å². The molecule has 0 aliphatic rings. The Hall–Kier alpha value is -1.10. The van der Waals surface area contributed by atoms with E-state index in [1.54, 1.807) is 18.0 Å². The van der Waals surface area contributed by atoms with Gasteiger partial charge in [0.2, 0.25) is 0 Å². The van der Waals surface area contributed by atoms with E-state index in [1.807, 2.05) is 37.3 Å². The number of rotatable bonds is 5. The zero-order valence-corrected chi connectivity index (χ0v) is 12.3. The highest BCUT2D eigenvalue weighted by atomic mass is 35.5. The first-order valence-corrected chi connectivity index (χ1v) is 7.44. The van der Waals surface area contributed by atoms with Crippen molar-refractivity contribution < 1.29 is 0 Å². The van der Waals surface area contributed by atoms with Gasteiger partial charge in [-0.1, -0.05) is 17.7 Å². The molecule has 0 fully saturated rings. The largest absolute Gasteiger partial charge is 0.328 e. The fourth-order valence-electron chi connectivity index (χ4n) is 1.66. The first-order valence-electron chi connectivity index (χ1n) is 6.08. The van der Waals surface area contributed by atoms with Gasteiger partial charge in [0.05, 0.1) is 5.75 Å². The number of benzene rings is 1. The van der Waals surface area contributed by atoms with Crippen LogP contribution in [0.15, 0.2) is 41.4 Å². The summed E-state index contributed by atoms with van der Waals surface area (Å²) in [5, 5.41) is 0.747. The molecule has 0 bridgehead atoms. The number of nitrogens with two attached hydrogens (primary N) is 1. The standard InChI is InChI=1S/C14H16ClN3S/c1-10(16)7-12-5-6-17-14(18-12)9-19-13-4-2-3-11(15)8-13/h2-6,8,10H,7,9,16H2,1H3. The van der Waals surface area contributed by atoms with E-state index in [1.165, 1.54) is 0 Å². The summed E-state index contributed by atoms with van der Waals surface area (Å²) in [6.45, 7) is 1.97. The van der Waals surface area contributed by atoms with E-state index in [-0.39, 0.29) is 6.04 Å². The Balaban J connectivity index is 1.99. The summed E-state index contributed by atoms with van der Waals surface area (Å²) >= 11 is 7.63. The maximum atomic E-state index is 5.95. The molecule has 2 aromatic rings. The molecule has 1 aromatic carbocycles. The van der Waals surface area contributed by atoms with Crippen molar-refractivity contribution >= 4 is 23.4 Å². The van der Waals surface area contributed by atoms with Gasteiger partial charge in [0.25, 0.3) is 0 Å². The summed E-state index contributed by atoms with van der Waals surface area (Å²) < 4.78 is 0. The minimum atomic E-state index is 0.114. The van der Waals surface area contributed by atoms with Gasteiger partial charge in [-0.2, -0.15) is 0 Å². The first kappa shape index (κ1) is 14.3. The van der Waals surface area contributed by atoms with Crippen LogP contribution in [0.3, 0.4) is 0 Å². The van der Waals surface area contributed by atoms with Crippen LogP contribution in [0.1, 0.15) is 18.4 Å². The monoisotopic (exact) mass is 293 g/mol. The molecule has 0 amide bonds. The maximum absolute atomic E-state index is 5.95. The van der Waals surface area contributed by atoms with Crippen molar-refractivity contribution in [3.8, 4) is 0 Å². The van der Waals surface area contributed by atoms with Gasteiger partial charge >= 0.3 is 0 Å². The van der Waals surface area contributed by atoms with Crippen LogP contribution < -0.4 is 5.73 Å². The number of halogens is 1. The average Bonchev–Trinajstić information content (AvgIpc) is 2.36. The van der Waals surface area contributed by atoms with Crippen molar-refractivity contribution in [1.29, 1.82) is 0 Å². The molecule has 100 valence electrons. The normalized spacial score (nSPS) is 12.4. The molecule has 2 N–H and O–H groups in total. The lowest BCUT2D eigenvalue weighted by molar-refractivity contribution is 0.715. The second-order valence-corrected chi connectivity index (χ2v) is 5.88. The summed E-state index contributed by atoms with van der Waals surface area (Å²) in [6, 6.07) is 9.81. The van der Waals surface area contributed by atoms with E-state index in [2.05, 4.69) is 9.97 Å². The second kappa shape index (κ2) is 6.89. The zero-order chi connectivity index (χ0) is 13.7. The van der Waals surface area contributed by atoms with Gasteiger partial charge in [-0.25, -0.2) is 9.97 Å². The van der Waals surface area contributed by atoms with Crippen LogP contribution in [-0.2, 0) is 12.2 Å². The molecule has 0 spiro atoms. The van der Waals surface area contributed by atoms with Crippen molar-refractivity contribution in [2.45, 2.75) is 30.0 Å². The van der Waals surface area contributed by atoms with Gasteiger partial charge in [-0.05, 0) is 31.2 Å². The number of aromatic nitrogens is 2. The van der Waals surface area contributed by atoms with Crippen molar-refractivity contribution in [3.05, 3.63) is 53.1 Å². The minimum absolute atomic E-state index is 0.114. The predicted molar refractivity (Wildman–Crippen MR) is 80.4 cm³/mol. The lowest BCUT2D eigenvalue weighted by Crippen LogP contribution is -2.18. The lowest BCUT2D eigenvalue weighted by Gasteiger charge is -2.06. The molecule has 0 aliphatic heterocycles. The maximum Gasteiger partial charge on any atom is 0.138 e. The van der Waals surface area contributed by atoms with Gasteiger partial charge in [0.1, 0.15) is 5.82 Å². The van der Waals surface area contributed by atoms with Crippen LogP contribution in [0.25, 0.3) is 0 Å². The van der Waals surface area contributed by atoms with E-state index < -0.39 is 0 Å². The van der Waals surface area contributed by atoms with Gasteiger partial charge < -0.3 is 5.73 Å². The van der Waals surface area contributed by atoms with Crippen molar-refractivity contribution in [1.82, 2.24) is 9.97 Å². The Morgan fingerprint density at radius 1 is 1.37 bits per heavy atom. The van der Waals surface area contributed by atoms with Gasteiger partial charge in [-0.3, -0.25) is 0 Å². The summed E-state index contributed by atoms with van der Waals surface area (Å²) in [5.41, 5.74) is 6.77. The molecular formula is C14H16ClN3S.